The highest BCUT2D eigenvalue weighted by atomic mass is 19.4. The summed E-state index contributed by atoms with van der Waals surface area (Å²) in [6, 6.07) is 11.1. The van der Waals surface area contributed by atoms with Crippen LogP contribution in [0.15, 0.2) is 53.5 Å². The van der Waals surface area contributed by atoms with Crippen LogP contribution in [-0.2, 0) is 17.4 Å². The summed E-state index contributed by atoms with van der Waals surface area (Å²) in [5.74, 6) is -0.347. The summed E-state index contributed by atoms with van der Waals surface area (Å²) in [4.78, 5) is 31.6. The number of nitrogens with zero attached hydrogens (tertiary/aromatic N) is 2. The third-order valence-corrected chi connectivity index (χ3v) is 7.60. The van der Waals surface area contributed by atoms with Crippen molar-refractivity contribution in [1.29, 1.82) is 0 Å². The molecule has 1 heterocycles. The van der Waals surface area contributed by atoms with Crippen molar-refractivity contribution in [2.45, 2.75) is 70.8 Å². The third-order valence-electron chi connectivity index (χ3n) is 7.60. The summed E-state index contributed by atoms with van der Waals surface area (Å²) in [6.07, 6.45) is -0.937. The Bertz CT molecular complexity index is 1160. The fourth-order valence-electron chi connectivity index (χ4n) is 5.59. The average molecular weight is 501 g/mol. The van der Waals surface area contributed by atoms with E-state index in [-0.39, 0.29) is 28.8 Å². The first-order valence-electron chi connectivity index (χ1n) is 12.3. The zero-order valence-corrected chi connectivity index (χ0v) is 20.7. The number of carbonyl (C=O) groups excluding carboxylic acids is 1. The minimum absolute atomic E-state index is 0.0807. The summed E-state index contributed by atoms with van der Waals surface area (Å²) in [7, 11) is 0. The van der Waals surface area contributed by atoms with Gasteiger partial charge in [-0.25, -0.2) is 4.79 Å². The second-order valence-corrected chi connectivity index (χ2v) is 10.3. The number of halogens is 3. The molecule has 1 atom stereocenters. The number of alkyl halides is 3. The first kappa shape index (κ1) is 25.9. The number of rotatable bonds is 6. The van der Waals surface area contributed by atoms with Crippen LogP contribution in [-0.4, -0.2) is 39.3 Å². The molecule has 5 nitrogen and oxygen atoms in total. The average Bonchev–Trinajstić information content (AvgIpc) is 3.10. The normalized spacial score (nSPS) is 23.3. The van der Waals surface area contributed by atoms with Gasteiger partial charge >= 0.3 is 12.1 Å². The maximum atomic E-state index is 13.8. The summed E-state index contributed by atoms with van der Waals surface area (Å²) < 4.78 is 40.1. The Labute approximate surface area is 209 Å². The maximum Gasteiger partial charge on any atom is 0.416 e. The molecular formula is C28H31F3N2O3. The number of carboxylic acid groups (broad SMARTS) is 1. The van der Waals surface area contributed by atoms with E-state index in [4.69, 9.17) is 10.1 Å². The number of amides is 1. The van der Waals surface area contributed by atoms with Crippen molar-refractivity contribution in [2.75, 3.05) is 0 Å². The molecule has 1 N–H and O–H groups in total. The number of benzene rings is 2. The van der Waals surface area contributed by atoms with Crippen LogP contribution in [0.5, 0.6) is 0 Å². The van der Waals surface area contributed by atoms with E-state index < -0.39 is 23.4 Å². The van der Waals surface area contributed by atoms with Crippen molar-refractivity contribution in [2.24, 2.45) is 16.8 Å². The quantitative estimate of drug-likeness (QED) is 0.513. The van der Waals surface area contributed by atoms with Crippen molar-refractivity contribution < 1.29 is 27.9 Å². The predicted octanol–water partition coefficient (Wildman–Crippen LogP) is 6.21. The molecule has 192 valence electrons. The Balaban J connectivity index is 1.67. The summed E-state index contributed by atoms with van der Waals surface area (Å²) >= 11 is 0. The number of hydrogen-bond acceptors (Lipinski definition) is 3. The number of aliphatic imine (C=N–C) groups is 1. The Morgan fingerprint density at radius 2 is 1.75 bits per heavy atom. The van der Waals surface area contributed by atoms with Crippen LogP contribution in [0.25, 0.3) is 0 Å². The van der Waals surface area contributed by atoms with Gasteiger partial charge in [0.25, 0.3) is 5.91 Å². The SMILES string of the molecule is CC(C)C1CCC2(CC1)N=C(c1cccc(C(F)(F)F)c1)C(=O)N2C(C)Cc1ccc(C(=O)O)cc1. The third kappa shape index (κ3) is 5.04. The first-order valence-corrected chi connectivity index (χ1v) is 12.3. The van der Waals surface area contributed by atoms with Gasteiger partial charge < -0.3 is 10.0 Å². The zero-order chi connectivity index (χ0) is 26.3. The minimum atomic E-state index is -4.51. The molecule has 2 aliphatic rings. The molecule has 4 rings (SSSR count). The molecule has 0 bridgehead atoms. The van der Waals surface area contributed by atoms with E-state index >= 15 is 0 Å². The molecule has 1 spiro atoms. The summed E-state index contributed by atoms with van der Waals surface area (Å²) in [5, 5.41) is 9.16. The van der Waals surface area contributed by atoms with Crippen molar-refractivity contribution in [3.8, 4) is 0 Å². The lowest BCUT2D eigenvalue weighted by Crippen LogP contribution is -2.54. The van der Waals surface area contributed by atoms with Crippen molar-refractivity contribution in [3.05, 3.63) is 70.8 Å². The topological polar surface area (TPSA) is 70.0 Å². The van der Waals surface area contributed by atoms with E-state index in [9.17, 15) is 22.8 Å². The Kier molecular flexibility index (Phi) is 6.99. The second kappa shape index (κ2) is 9.71. The fourth-order valence-corrected chi connectivity index (χ4v) is 5.59. The Morgan fingerprint density at radius 3 is 2.31 bits per heavy atom. The van der Waals surface area contributed by atoms with Gasteiger partial charge in [0.1, 0.15) is 11.4 Å². The van der Waals surface area contributed by atoms with Crippen molar-refractivity contribution in [1.82, 2.24) is 4.90 Å². The van der Waals surface area contributed by atoms with Crippen molar-refractivity contribution >= 4 is 17.6 Å². The lowest BCUT2D eigenvalue weighted by atomic mass is 9.76. The lowest BCUT2D eigenvalue weighted by Gasteiger charge is -2.45. The van der Waals surface area contributed by atoms with Crippen LogP contribution in [0.4, 0.5) is 13.2 Å². The van der Waals surface area contributed by atoms with Crippen LogP contribution < -0.4 is 0 Å². The van der Waals surface area contributed by atoms with E-state index in [0.29, 0.717) is 31.1 Å². The van der Waals surface area contributed by atoms with Gasteiger partial charge in [0.05, 0.1) is 11.1 Å². The molecule has 0 radical (unpaired) electrons. The van der Waals surface area contributed by atoms with E-state index in [1.54, 1.807) is 17.0 Å². The highest BCUT2D eigenvalue weighted by Gasteiger charge is 2.51. The Hall–Kier alpha value is -3.16. The van der Waals surface area contributed by atoms with Gasteiger partial charge in [-0.2, -0.15) is 13.2 Å². The van der Waals surface area contributed by atoms with E-state index in [1.165, 1.54) is 24.3 Å². The molecule has 36 heavy (non-hydrogen) atoms. The molecule has 1 unspecified atom stereocenters. The van der Waals surface area contributed by atoms with Crippen molar-refractivity contribution in [3.63, 3.8) is 0 Å². The van der Waals surface area contributed by atoms with Gasteiger partial charge in [0, 0.05) is 11.6 Å². The highest BCUT2D eigenvalue weighted by Crippen LogP contribution is 2.45. The molecule has 1 aliphatic carbocycles. The smallest absolute Gasteiger partial charge is 0.416 e. The maximum absolute atomic E-state index is 13.8. The van der Waals surface area contributed by atoms with Crippen LogP contribution in [0.3, 0.4) is 0 Å². The predicted molar refractivity (Wildman–Crippen MR) is 131 cm³/mol. The minimum Gasteiger partial charge on any atom is -0.478 e. The largest absolute Gasteiger partial charge is 0.478 e. The number of hydrogen-bond donors (Lipinski definition) is 1. The van der Waals surface area contributed by atoms with Crippen LogP contribution in [0.1, 0.15) is 73.5 Å². The van der Waals surface area contributed by atoms with Crippen LogP contribution >= 0.6 is 0 Å². The Morgan fingerprint density at radius 1 is 1.11 bits per heavy atom. The molecule has 8 heteroatoms. The molecule has 2 aromatic rings. The molecule has 0 saturated heterocycles. The number of carbonyl (C=O) groups is 2. The van der Waals surface area contributed by atoms with Gasteiger partial charge in [-0.1, -0.05) is 38.1 Å². The number of carboxylic acids is 1. The van der Waals surface area contributed by atoms with Gasteiger partial charge in [-0.05, 0) is 80.7 Å². The standard InChI is InChI=1S/C28H31F3N2O3/c1-17(2)20-11-13-27(14-12-20)32-24(22-5-4-6-23(16-22)28(29,30)31)25(34)33(27)18(3)15-19-7-9-21(10-8-19)26(35)36/h4-10,16-18,20H,11-15H2,1-3H3,(H,35,36). The van der Waals surface area contributed by atoms with Crippen LogP contribution in [0.2, 0.25) is 0 Å². The number of aromatic carboxylic acids is 1. The van der Waals surface area contributed by atoms with Gasteiger partial charge in [-0.3, -0.25) is 9.79 Å². The monoisotopic (exact) mass is 500 g/mol. The van der Waals surface area contributed by atoms with E-state index in [2.05, 4.69) is 13.8 Å². The van der Waals surface area contributed by atoms with Gasteiger partial charge in [0.15, 0.2) is 0 Å². The molecule has 0 aromatic heterocycles. The zero-order valence-electron chi connectivity index (χ0n) is 20.7. The van der Waals surface area contributed by atoms with E-state index in [0.717, 1.165) is 30.5 Å². The van der Waals surface area contributed by atoms with E-state index in [1.807, 2.05) is 6.92 Å². The van der Waals surface area contributed by atoms with Gasteiger partial charge in [0.2, 0.25) is 0 Å². The summed E-state index contributed by atoms with van der Waals surface area (Å²) in [6.45, 7) is 6.28. The first-order chi connectivity index (χ1) is 16.9. The van der Waals surface area contributed by atoms with Crippen LogP contribution in [0, 0.1) is 11.8 Å². The highest BCUT2D eigenvalue weighted by molar-refractivity contribution is 6.46. The molecule has 1 amide bonds. The molecular weight excluding hydrogens is 469 g/mol. The lowest BCUT2D eigenvalue weighted by molar-refractivity contribution is -0.137. The molecule has 1 fully saturated rings. The van der Waals surface area contributed by atoms with Gasteiger partial charge in [-0.15, -0.1) is 0 Å². The molecule has 1 aliphatic heterocycles. The summed E-state index contributed by atoms with van der Waals surface area (Å²) in [5.41, 5.74) is -0.274. The molecule has 1 saturated carbocycles. The fraction of sp³-hybridized carbons (Fsp3) is 0.464. The molecule has 2 aromatic carbocycles. The second-order valence-electron chi connectivity index (χ2n) is 10.3.